The van der Waals surface area contributed by atoms with E-state index in [4.69, 9.17) is 0 Å². The summed E-state index contributed by atoms with van der Waals surface area (Å²) in [6, 6.07) is 3.50. The molecule has 1 amide bonds. The third kappa shape index (κ3) is 3.09. The largest absolute Gasteiger partial charge is 0.391 e. The molecule has 0 aliphatic heterocycles. The number of hydrogen-bond acceptors (Lipinski definition) is 4. The van der Waals surface area contributed by atoms with E-state index >= 15 is 0 Å². The van der Waals surface area contributed by atoms with Crippen molar-refractivity contribution in [2.24, 2.45) is 0 Å². The van der Waals surface area contributed by atoms with Crippen LogP contribution in [0.4, 0.5) is 0 Å². The molecule has 1 aliphatic carbocycles. The van der Waals surface area contributed by atoms with Crippen LogP contribution < -0.4 is 0 Å². The molecule has 2 unspecified atom stereocenters. The third-order valence-electron chi connectivity index (χ3n) is 3.71. The van der Waals surface area contributed by atoms with Crippen molar-refractivity contribution in [2.75, 3.05) is 13.3 Å². The SMILES string of the molecule is CSc1ncccc1C(=O)N(C)C1CCCCC1O. The van der Waals surface area contributed by atoms with Crippen LogP contribution in [0.3, 0.4) is 0 Å². The van der Waals surface area contributed by atoms with Crippen LogP contribution >= 0.6 is 11.8 Å². The molecule has 1 saturated carbocycles. The van der Waals surface area contributed by atoms with Gasteiger partial charge in [0, 0.05) is 13.2 Å². The molecule has 1 aromatic rings. The highest BCUT2D eigenvalue weighted by Gasteiger charge is 2.30. The van der Waals surface area contributed by atoms with E-state index in [1.54, 1.807) is 30.3 Å². The molecule has 5 heteroatoms. The molecule has 19 heavy (non-hydrogen) atoms. The standard InChI is InChI=1S/C14H20N2O2S/c1-16(11-7-3-4-8-12(11)17)14(18)10-6-5-9-15-13(10)19-2/h5-6,9,11-12,17H,3-4,7-8H2,1-2H3. The maximum Gasteiger partial charge on any atom is 0.256 e. The fraction of sp³-hybridized carbons (Fsp3) is 0.571. The van der Waals surface area contributed by atoms with Crippen molar-refractivity contribution < 1.29 is 9.90 Å². The van der Waals surface area contributed by atoms with Crippen LogP contribution in [0.25, 0.3) is 0 Å². The van der Waals surface area contributed by atoms with Gasteiger partial charge in [0.15, 0.2) is 0 Å². The summed E-state index contributed by atoms with van der Waals surface area (Å²) in [6.45, 7) is 0. The highest BCUT2D eigenvalue weighted by molar-refractivity contribution is 7.98. The number of thioether (sulfide) groups is 1. The summed E-state index contributed by atoms with van der Waals surface area (Å²) in [5.41, 5.74) is 0.621. The van der Waals surface area contributed by atoms with E-state index in [9.17, 15) is 9.90 Å². The van der Waals surface area contributed by atoms with Gasteiger partial charge in [0.2, 0.25) is 0 Å². The van der Waals surface area contributed by atoms with E-state index in [1.807, 2.05) is 6.26 Å². The number of aliphatic hydroxyl groups excluding tert-OH is 1. The van der Waals surface area contributed by atoms with E-state index in [-0.39, 0.29) is 11.9 Å². The van der Waals surface area contributed by atoms with Crippen molar-refractivity contribution in [1.82, 2.24) is 9.88 Å². The molecule has 104 valence electrons. The van der Waals surface area contributed by atoms with Crippen LogP contribution in [-0.2, 0) is 0 Å². The lowest BCUT2D eigenvalue weighted by molar-refractivity contribution is 0.0265. The number of amides is 1. The molecule has 0 spiro atoms. The Labute approximate surface area is 118 Å². The van der Waals surface area contributed by atoms with Crippen molar-refractivity contribution >= 4 is 17.7 Å². The number of hydrogen-bond donors (Lipinski definition) is 1. The topological polar surface area (TPSA) is 53.4 Å². The van der Waals surface area contributed by atoms with Crippen LogP contribution in [0.2, 0.25) is 0 Å². The fourth-order valence-electron chi connectivity index (χ4n) is 2.60. The Morgan fingerprint density at radius 2 is 2.21 bits per heavy atom. The minimum absolute atomic E-state index is 0.0524. The Morgan fingerprint density at radius 3 is 2.89 bits per heavy atom. The van der Waals surface area contributed by atoms with Gasteiger partial charge >= 0.3 is 0 Å². The van der Waals surface area contributed by atoms with Gasteiger partial charge in [-0.2, -0.15) is 0 Å². The Kier molecular flexibility index (Phi) is 4.82. The van der Waals surface area contributed by atoms with E-state index in [0.717, 1.165) is 30.7 Å². The first-order chi connectivity index (χ1) is 9.15. The van der Waals surface area contributed by atoms with Crippen molar-refractivity contribution in [3.05, 3.63) is 23.9 Å². The van der Waals surface area contributed by atoms with Crippen LogP contribution in [0, 0.1) is 0 Å². The zero-order valence-electron chi connectivity index (χ0n) is 11.4. The summed E-state index contributed by atoms with van der Waals surface area (Å²) in [7, 11) is 1.78. The van der Waals surface area contributed by atoms with E-state index in [1.165, 1.54) is 11.8 Å². The van der Waals surface area contributed by atoms with Gasteiger partial charge in [-0.05, 0) is 31.2 Å². The molecule has 2 atom stereocenters. The van der Waals surface area contributed by atoms with Gasteiger partial charge in [-0.25, -0.2) is 4.98 Å². The quantitative estimate of drug-likeness (QED) is 0.862. The normalized spacial score (nSPS) is 23.1. The van der Waals surface area contributed by atoms with E-state index in [2.05, 4.69) is 4.98 Å². The first-order valence-electron chi connectivity index (χ1n) is 6.59. The molecule has 4 nitrogen and oxygen atoms in total. The van der Waals surface area contributed by atoms with Crippen LogP contribution in [0.1, 0.15) is 36.0 Å². The molecule has 1 aromatic heterocycles. The van der Waals surface area contributed by atoms with E-state index < -0.39 is 6.10 Å². The summed E-state index contributed by atoms with van der Waals surface area (Å²) in [6.07, 6.45) is 6.97. The monoisotopic (exact) mass is 280 g/mol. The van der Waals surface area contributed by atoms with Crippen LogP contribution in [0.15, 0.2) is 23.4 Å². The minimum Gasteiger partial charge on any atom is -0.391 e. The molecule has 1 N–H and O–H groups in total. The van der Waals surface area contributed by atoms with Gasteiger partial charge in [-0.3, -0.25) is 4.79 Å². The molecule has 0 aromatic carbocycles. The highest BCUT2D eigenvalue weighted by atomic mass is 32.2. The number of carbonyl (C=O) groups is 1. The average molecular weight is 280 g/mol. The molecule has 1 aliphatic rings. The minimum atomic E-state index is -0.405. The predicted octanol–water partition coefficient (Wildman–Crippen LogP) is 2.18. The summed E-state index contributed by atoms with van der Waals surface area (Å²) >= 11 is 1.47. The number of rotatable bonds is 3. The lowest BCUT2D eigenvalue weighted by Crippen LogP contribution is -2.46. The van der Waals surface area contributed by atoms with Crippen molar-refractivity contribution in [1.29, 1.82) is 0 Å². The van der Waals surface area contributed by atoms with E-state index in [0.29, 0.717) is 5.56 Å². The Hall–Kier alpha value is -1.07. The van der Waals surface area contributed by atoms with Gasteiger partial charge in [0.05, 0.1) is 17.7 Å². The van der Waals surface area contributed by atoms with Gasteiger partial charge in [0.1, 0.15) is 5.03 Å². The third-order valence-corrected chi connectivity index (χ3v) is 4.42. The number of aromatic nitrogens is 1. The van der Waals surface area contributed by atoms with Crippen molar-refractivity contribution in [3.8, 4) is 0 Å². The zero-order chi connectivity index (χ0) is 13.8. The highest BCUT2D eigenvalue weighted by Crippen LogP contribution is 2.25. The summed E-state index contributed by atoms with van der Waals surface area (Å²) < 4.78 is 0. The Balaban J connectivity index is 2.18. The molecule has 0 radical (unpaired) electrons. The predicted molar refractivity (Wildman–Crippen MR) is 76.4 cm³/mol. The first kappa shape index (κ1) is 14.3. The summed E-state index contributed by atoms with van der Waals surface area (Å²) in [5.74, 6) is -0.0524. The molecule has 0 saturated heterocycles. The second-order valence-corrected chi connectivity index (χ2v) is 5.69. The molecule has 2 rings (SSSR count). The lowest BCUT2D eigenvalue weighted by atomic mass is 9.91. The van der Waals surface area contributed by atoms with Gasteiger partial charge in [-0.1, -0.05) is 12.8 Å². The molecule has 0 bridgehead atoms. The molecular weight excluding hydrogens is 260 g/mol. The number of carbonyl (C=O) groups excluding carboxylic acids is 1. The number of aliphatic hydroxyl groups is 1. The van der Waals surface area contributed by atoms with Gasteiger partial charge < -0.3 is 10.0 Å². The summed E-state index contributed by atoms with van der Waals surface area (Å²) in [4.78, 5) is 18.4. The van der Waals surface area contributed by atoms with Gasteiger partial charge in [0.25, 0.3) is 5.91 Å². The maximum atomic E-state index is 12.5. The number of pyridine rings is 1. The Morgan fingerprint density at radius 1 is 1.47 bits per heavy atom. The zero-order valence-corrected chi connectivity index (χ0v) is 12.2. The number of likely N-dealkylation sites (N-methyl/N-ethyl adjacent to an activating group) is 1. The first-order valence-corrected chi connectivity index (χ1v) is 7.82. The second-order valence-electron chi connectivity index (χ2n) is 4.90. The van der Waals surface area contributed by atoms with Crippen molar-refractivity contribution in [3.63, 3.8) is 0 Å². The molecule has 1 fully saturated rings. The molecule has 1 heterocycles. The Bertz CT molecular complexity index is 453. The van der Waals surface area contributed by atoms with Crippen LogP contribution in [0.5, 0.6) is 0 Å². The smallest absolute Gasteiger partial charge is 0.256 e. The maximum absolute atomic E-state index is 12.5. The molecular formula is C14H20N2O2S. The lowest BCUT2D eigenvalue weighted by Gasteiger charge is -2.35. The van der Waals surface area contributed by atoms with Gasteiger partial charge in [-0.15, -0.1) is 11.8 Å². The summed E-state index contributed by atoms with van der Waals surface area (Å²) in [5, 5.41) is 10.8. The van der Waals surface area contributed by atoms with Crippen molar-refractivity contribution in [2.45, 2.75) is 42.9 Å². The van der Waals surface area contributed by atoms with Crippen LogP contribution in [-0.4, -0.2) is 46.3 Å². The fourth-order valence-corrected chi connectivity index (χ4v) is 3.14. The number of nitrogens with zero attached hydrogens (tertiary/aromatic N) is 2. The second kappa shape index (κ2) is 6.39. The average Bonchev–Trinajstić information content (AvgIpc) is 2.46.